The third-order valence-electron chi connectivity index (χ3n) is 4.29. The molecule has 2 aliphatic heterocycles. The molecule has 1 N–H and O–H groups in total. The maximum Gasteiger partial charge on any atom is 0.325 e. The minimum atomic E-state index is -0.383. The van der Waals surface area contributed by atoms with Crippen LogP contribution in [0.4, 0.5) is 0 Å². The summed E-state index contributed by atoms with van der Waals surface area (Å²) in [5.74, 6) is 0.615. The van der Waals surface area contributed by atoms with Crippen LogP contribution in [0, 0.1) is 5.92 Å². The van der Waals surface area contributed by atoms with Crippen molar-refractivity contribution in [3.8, 4) is 0 Å². The van der Waals surface area contributed by atoms with Gasteiger partial charge in [0, 0.05) is 6.54 Å². The van der Waals surface area contributed by atoms with Gasteiger partial charge in [-0.1, -0.05) is 0 Å². The first-order valence-corrected chi connectivity index (χ1v) is 6.71. The fourth-order valence-electron chi connectivity index (χ4n) is 3.15. The fourth-order valence-corrected chi connectivity index (χ4v) is 3.15. The lowest BCUT2D eigenvalue weighted by molar-refractivity contribution is -0.152. The predicted octanol–water partition coefficient (Wildman–Crippen LogP) is 1.01. The van der Waals surface area contributed by atoms with Crippen molar-refractivity contribution in [1.82, 2.24) is 10.2 Å². The summed E-state index contributed by atoms with van der Waals surface area (Å²) in [4.78, 5) is 14.2. The summed E-state index contributed by atoms with van der Waals surface area (Å²) < 4.78 is 4.96. The number of esters is 1. The van der Waals surface area contributed by atoms with Crippen molar-refractivity contribution in [3.05, 3.63) is 0 Å². The molecule has 2 unspecified atom stereocenters. The molecule has 2 saturated heterocycles. The van der Waals surface area contributed by atoms with E-state index in [0.717, 1.165) is 39.0 Å². The fraction of sp³-hybridized carbons (Fsp3) is 0.923. The number of piperidine rings is 1. The van der Waals surface area contributed by atoms with Gasteiger partial charge in [0.25, 0.3) is 0 Å². The molecule has 2 rings (SSSR count). The van der Waals surface area contributed by atoms with Crippen molar-refractivity contribution in [2.45, 2.75) is 38.1 Å². The van der Waals surface area contributed by atoms with E-state index in [4.69, 9.17) is 4.74 Å². The summed E-state index contributed by atoms with van der Waals surface area (Å²) >= 11 is 0. The zero-order chi connectivity index (χ0) is 12.3. The van der Waals surface area contributed by atoms with E-state index in [9.17, 15) is 4.79 Å². The zero-order valence-electron chi connectivity index (χ0n) is 11.0. The van der Waals surface area contributed by atoms with Crippen LogP contribution in [0.3, 0.4) is 0 Å². The molecule has 0 bridgehead atoms. The number of ether oxygens (including phenoxy) is 1. The zero-order valence-corrected chi connectivity index (χ0v) is 11.0. The summed E-state index contributed by atoms with van der Waals surface area (Å²) in [5, 5.41) is 3.44. The minimum Gasteiger partial charge on any atom is -0.468 e. The maximum atomic E-state index is 11.9. The van der Waals surface area contributed by atoms with Gasteiger partial charge in [-0.15, -0.1) is 0 Å². The average molecular weight is 240 g/mol. The largest absolute Gasteiger partial charge is 0.468 e. The number of methoxy groups -OCH3 is 1. The second-order valence-corrected chi connectivity index (χ2v) is 5.53. The average Bonchev–Trinajstić information content (AvgIpc) is 2.72. The van der Waals surface area contributed by atoms with Gasteiger partial charge < -0.3 is 10.1 Å². The van der Waals surface area contributed by atoms with Gasteiger partial charge >= 0.3 is 5.97 Å². The van der Waals surface area contributed by atoms with Gasteiger partial charge in [-0.3, -0.25) is 9.69 Å². The standard InChI is InChI=1S/C13H24N2O2/c1-13(12(16)17-2)6-4-8-15(13)10-11-5-3-7-14-9-11/h11,14H,3-10H2,1-2H3. The first-order valence-electron chi connectivity index (χ1n) is 6.71. The number of likely N-dealkylation sites (tertiary alicyclic amines) is 1. The molecule has 0 aromatic rings. The molecule has 0 aliphatic carbocycles. The summed E-state index contributed by atoms with van der Waals surface area (Å²) in [7, 11) is 1.49. The van der Waals surface area contributed by atoms with E-state index in [2.05, 4.69) is 10.2 Å². The molecule has 2 heterocycles. The SMILES string of the molecule is COC(=O)C1(C)CCCN1CC1CCCNC1. The van der Waals surface area contributed by atoms with E-state index in [-0.39, 0.29) is 11.5 Å². The molecule has 2 atom stereocenters. The summed E-state index contributed by atoms with van der Waals surface area (Å²) in [6.07, 6.45) is 4.57. The Morgan fingerprint density at radius 2 is 2.35 bits per heavy atom. The van der Waals surface area contributed by atoms with E-state index < -0.39 is 0 Å². The summed E-state index contributed by atoms with van der Waals surface area (Å²) in [6.45, 7) is 6.32. The third-order valence-corrected chi connectivity index (χ3v) is 4.29. The monoisotopic (exact) mass is 240 g/mol. The molecule has 0 amide bonds. The van der Waals surface area contributed by atoms with Gasteiger partial charge in [0.2, 0.25) is 0 Å². The van der Waals surface area contributed by atoms with E-state index in [1.165, 1.54) is 20.0 Å². The number of hydrogen-bond donors (Lipinski definition) is 1. The van der Waals surface area contributed by atoms with Crippen LogP contribution in [-0.4, -0.2) is 49.7 Å². The Morgan fingerprint density at radius 1 is 1.53 bits per heavy atom. The predicted molar refractivity (Wildman–Crippen MR) is 66.8 cm³/mol. The Labute approximate surface area is 104 Å². The van der Waals surface area contributed by atoms with E-state index in [1.807, 2.05) is 6.92 Å². The number of carbonyl (C=O) groups excluding carboxylic acids is 1. The van der Waals surface area contributed by atoms with Crippen LogP contribution >= 0.6 is 0 Å². The maximum absolute atomic E-state index is 11.9. The second-order valence-electron chi connectivity index (χ2n) is 5.53. The number of nitrogens with zero attached hydrogens (tertiary/aromatic N) is 1. The molecule has 0 aromatic heterocycles. The van der Waals surface area contributed by atoms with Crippen molar-refractivity contribution in [3.63, 3.8) is 0 Å². The molecule has 2 fully saturated rings. The lowest BCUT2D eigenvalue weighted by Gasteiger charge is -2.36. The topological polar surface area (TPSA) is 41.6 Å². The Kier molecular flexibility index (Phi) is 4.05. The molecule has 2 aliphatic rings. The lowest BCUT2D eigenvalue weighted by atomic mass is 9.95. The highest BCUT2D eigenvalue weighted by Gasteiger charge is 2.44. The van der Waals surface area contributed by atoms with Crippen LogP contribution in [0.5, 0.6) is 0 Å². The van der Waals surface area contributed by atoms with Crippen molar-refractivity contribution >= 4 is 5.97 Å². The number of nitrogens with one attached hydrogen (secondary N) is 1. The Balaban J connectivity index is 1.96. The van der Waals surface area contributed by atoms with Crippen molar-refractivity contribution in [2.75, 3.05) is 33.3 Å². The molecule has 0 aromatic carbocycles. The van der Waals surface area contributed by atoms with Crippen LogP contribution in [0.1, 0.15) is 32.6 Å². The first-order chi connectivity index (χ1) is 8.16. The highest BCUT2D eigenvalue weighted by Crippen LogP contribution is 2.31. The molecule has 0 saturated carbocycles. The van der Waals surface area contributed by atoms with Crippen LogP contribution in [-0.2, 0) is 9.53 Å². The quantitative estimate of drug-likeness (QED) is 0.748. The first kappa shape index (κ1) is 12.8. The normalized spacial score (nSPS) is 34.8. The lowest BCUT2D eigenvalue weighted by Crippen LogP contribution is -2.51. The van der Waals surface area contributed by atoms with Crippen molar-refractivity contribution < 1.29 is 9.53 Å². The molecular formula is C13H24N2O2. The van der Waals surface area contributed by atoms with Crippen LogP contribution in [0.25, 0.3) is 0 Å². The van der Waals surface area contributed by atoms with Crippen molar-refractivity contribution in [1.29, 1.82) is 0 Å². The third kappa shape index (κ3) is 2.63. The Hall–Kier alpha value is -0.610. The summed E-state index contributed by atoms with van der Waals surface area (Å²) in [6, 6.07) is 0. The smallest absolute Gasteiger partial charge is 0.325 e. The van der Waals surface area contributed by atoms with Gasteiger partial charge in [0.15, 0.2) is 0 Å². The molecular weight excluding hydrogens is 216 g/mol. The Bertz CT molecular complexity index is 277. The number of rotatable bonds is 3. The van der Waals surface area contributed by atoms with Gasteiger partial charge in [-0.25, -0.2) is 0 Å². The highest BCUT2D eigenvalue weighted by atomic mass is 16.5. The molecule has 0 radical (unpaired) electrons. The molecule has 98 valence electrons. The minimum absolute atomic E-state index is 0.0706. The van der Waals surface area contributed by atoms with Crippen LogP contribution < -0.4 is 5.32 Å². The van der Waals surface area contributed by atoms with E-state index >= 15 is 0 Å². The van der Waals surface area contributed by atoms with E-state index in [0.29, 0.717) is 5.92 Å². The summed E-state index contributed by atoms with van der Waals surface area (Å²) in [5.41, 5.74) is -0.383. The van der Waals surface area contributed by atoms with Crippen LogP contribution in [0.2, 0.25) is 0 Å². The van der Waals surface area contributed by atoms with E-state index in [1.54, 1.807) is 0 Å². The number of carbonyl (C=O) groups is 1. The molecule has 17 heavy (non-hydrogen) atoms. The van der Waals surface area contributed by atoms with Crippen LogP contribution in [0.15, 0.2) is 0 Å². The number of hydrogen-bond acceptors (Lipinski definition) is 4. The van der Waals surface area contributed by atoms with Gasteiger partial charge in [0.1, 0.15) is 5.54 Å². The molecule has 0 spiro atoms. The van der Waals surface area contributed by atoms with Gasteiger partial charge in [0.05, 0.1) is 7.11 Å². The highest BCUT2D eigenvalue weighted by molar-refractivity contribution is 5.80. The van der Waals surface area contributed by atoms with Crippen molar-refractivity contribution in [2.24, 2.45) is 5.92 Å². The second kappa shape index (κ2) is 5.36. The van der Waals surface area contributed by atoms with Gasteiger partial charge in [-0.05, 0) is 58.2 Å². The molecule has 4 heteroatoms. The van der Waals surface area contributed by atoms with Gasteiger partial charge in [-0.2, -0.15) is 0 Å². The molecule has 4 nitrogen and oxygen atoms in total. The Morgan fingerprint density at radius 3 is 3.00 bits per heavy atom.